The molecule has 1 saturated heterocycles. The molecule has 0 spiro atoms. The Labute approximate surface area is 124 Å². The summed E-state index contributed by atoms with van der Waals surface area (Å²) < 4.78 is 5.28. The van der Waals surface area contributed by atoms with Crippen LogP contribution in [0.3, 0.4) is 0 Å². The quantitative estimate of drug-likeness (QED) is 0.403. The number of nitrogens with one attached hydrogen (secondary N) is 1. The Morgan fingerprint density at radius 2 is 2.30 bits per heavy atom. The maximum absolute atomic E-state index is 5.88. The number of guanidine groups is 1. The van der Waals surface area contributed by atoms with Crippen LogP contribution in [0, 0.1) is 0 Å². The van der Waals surface area contributed by atoms with Gasteiger partial charge in [-0.25, -0.2) is 0 Å². The predicted octanol–water partition coefficient (Wildman–Crippen LogP) is 1.58. The summed E-state index contributed by atoms with van der Waals surface area (Å²) in [5.41, 5.74) is 5.88. The SMILES string of the molecule is CCOCCCNC(N)=NCC(C)N1CCCCC1C. The number of hydrogen-bond acceptors (Lipinski definition) is 3. The smallest absolute Gasteiger partial charge is 0.188 e. The molecule has 0 saturated carbocycles. The highest BCUT2D eigenvalue weighted by Crippen LogP contribution is 2.18. The van der Waals surface area contributed by atoms with E-state index in [1.807, 2.05) is 6.92 Å². The summed E-state index contributed by atoms with van der Waals surface area (Å²) in [7, 11) is 0. The van der Waals surface area contributed by atoms with E-state index in [9.17, 15) is 0 Å². The summed E-state index contributed by atoms with van der Waals surface area (Å²) in [4.78, 5) is 7.00. The lowest BCUT2D eigenvalue weighted by Gasteiger charge is -2.37. The standard InChI is InChI=1S/C15H32N4O/c1-4-20-11-7-9-17-15(16)18-12-14(3)19-10-6-5-8-13(19)2/h13-14H,4-12H2,1-3H3,(H3,16,17,18). The highest BCUT2D eigenvalue weighted by molar-refractivity contribution is 5.77. The van der Waals surface area contributed by atoms with Gasteiger partial charge in [0.15, 0.2) is 5.96 Å². The molecule has 2 unspecified atom stereocenters. The monoisotopic (exact) mass is 284 g/mol. The minimum absolute atomic E-state index is 0.467. The number of hydrogen-bond donors (Lipinski definition) is 2. The topological polar surface area (TPSA) is 62.9 Å². The number of nitrogens with zero attached hydrogens (tertiary/aromatic N) is 2. The Kier molecular flexibility index (Phi) is 8.62. The fraction of sp³-hybridized carbons (Fsp3) is 0.933. The number of ether oxygens (including phenoxy) is 1. The van der Waals surface area contributed by atoms with Crippen molar-refractivity contribution >= 4 is 5.96 Å². The average molecular weight is 284 g/mol. The minimum Gasteiger partial charge on any atom is -0.382 e. The largest absolute Gasteiger partial charge is 0.382 e. The molecule has 3 N–H and O–H groups in total. The van der Waals surface area contributed by atoms with E-state index in [0.717, 1.165) is 32.7 Å². The van der Waals surface area contributed by atoms with Gasteiger partial charge in [0.1, 0.15) is 0 Å². The summed E-state index contributed by atoms with van der Waals surface area (Å²) in [6.45, 7) is 10.9. The van der Waals surface area contributed by atoms with Gasteiger partial charge in [-0.2, -0.15) is 0 Å². The zero-order valence-corrected chi connectivity index (χ0v) is 13.4. The normalized spacial score (nSPS) is 22.8. The molecule has 0 aromatic heterocycles. The Balaban J connectivity index is 2.20. The molecule has 0 radical (unpaired) electrons. The summed E-state index contributed by atoms with van der Waals surface area (Å²) in [5.74, 6) is 0.554. The van der Waals surface area contributed by atoms with Gasteiger partial charge in [-0.15, -0.1) is 0 Å². The van der Waals surface area contributed by atoms with Gasteiger partial charge < -0.3 is 15.8 Å². The third-order valence-electron chi connectivity index (χ3n) is 3.92. The van der Waals surface area contributed by atoms with E-state index in [-0.39, 0.29) is 0 Å². The van der Waals surface area contributed by atoms with Crippen molar-refractivity contribution in [1.29, 1.82) is 0 Å². The molecule has 1 fully saturated rings. The van der Waals surface area contributed by atoms with Crippen LogP contribution in [0.1, 0.15) is 46.5 Å². The van der Waals surface area contributed by atoms with E-state index in [1.54, 1.807) is 0 Å². The lowest BCUT2D eigenvalue weighted by Crippen LogP contribution is -2.45. The van der Waals surface area contributed by atoms with Crippen molar-refractivity contribution in [2.45, 2.75) is 58.5 Å². The zero-order valence-electron chi connectivity index (χ0n) is 13.4. The fourth-order valence-electron chi connectivity index (χ4n) is 2.70. The number of likely N-dealkylation sites (tertiary alicyclic amines) is 1. The number of rotatable bonds is 8. The molecule has 1 aliphatic heterocycles. The third-order valence-corrected chi connectivity index (χ3v) is 3.92. The van der Waals surface area contributed by atoms with E-state index in [2.05, 4.69) is 29.1 Å². The second kappa shape index (κ2) is 10.00. The first-order valence-corrected chi connectivity index (χ1v) is 8.02. The molecular weight excluding hydrogens is 252 g/mol. The molecule has 1 aliphatic rings. The highest BCUT2D eigenvalue weighted by Gasteiger charge is 2.22. The second-order valence-electron chi connectivity index (χ2n) is 5.63. The second-order valence-corrected chi connectivity index (χ2v) is 5.63. The summed E-state index contributed by atoms with van der Waals surface area (Å²) in [6, 6.07) is 1.14. The summed E-state index contributed by atoms with van der Waals surface area (Å²) in [5, 5.41) is 3.14. The Hall–Kier alpha value is -0.810. The van der Waals surface area contributed by atoms with Crippen molar-refractivity contribution in [3.8, 4) is 0 Å². The Bertz CT molecular complexity index is 283. The first-order chi connectivity index (χ1) is 9.65. The van der Waals surface area contributed by atoms with Gasteiger partial charge >= 0.3 is 0 Å². The molecule has 1 heterocycles. The van der Waals surface area contributed by atoms with Crippen LogP contribution in [-0.2, 0) is 4.74 Å². The van der Waals surface area contributed by atoms with Crippen molar-refractivity contribution in [3.05, 3.63) is 0 Å². The average Bonchev–Trinajstić information content (AvgIpc) is 2.45. The van der Waals surface area contributed by atoms with Crippen LogP contribution in [0.25, 0.3) is 0 Å². The van der Waals surface area contributed by atoms with Crippen molar-refractivity contribution in [3.63, 3.8) is 0 Å². The first kappa shape index (κ1) is 17.2. The number of aliphatic imine (C=N–C) groups is 1. The number of nitrogens with two attached hydrogens (primary N) is 1. The van der Waals surface area contributed by atoms with Crippen LogP contribution in [0.2, 0.25) is 0 Å². The van der Waals surface area contributed by atoms with Gasteiger partial charge in [0.2, 0.25) is 0 Å². The maximum atomic E-state index is 5.88. The molecule has 0 aromatic carbocycles. The van der Waals surface area contributed by atoms with E-state index < -0.39 is 0 Å². The van der Waals surface area contributed by atoms with Crippen molar-refractivity contribution in [2.75, 3.05) is 32.8 Å². The molecule has 5 heteroatoms. The first-order valence-electron chi connectivity index (χ1n) is 8.02. The molecule has 0 amide bonds. The fourth-order valence-corrected chi connectivity index (χ4v) is 2.70. The van der Waals surface area contributed by atoms with Crippen LogP contribution < -0.4 is 11.1 Å². The molecule has 5 nitrogen and oxygen atoms in total. The predicted molar refractivity (Wildman–Crippen MR) is 85.1 cm³/mol. The molecule has 1 rings (SSSR count). The van der Waals surface area contributed by atoms with Gasteiger partial charge in [0.25, 0.3) is 0 Å². The molecular formula is C15H32N4O. The van der Waals surface area contributed by atoms with E-state index in [4.69, 9.17) is 10.5 Å². The van der Waals surface area contributed by atoms with Crippen molar-refractivity contribution in [1.82, 2.24) is 10.2 Å². The van der Waals surface area contributed by atoms with Gasteiger partial charge in [0, 0.05) is 31.8 Å². The van der Waals surface area contributed by atoms with E-state index in [1.165, 1.54) is 25.8 Å². The lowest BCUT2D eigenvalue weighted by atomic mass is 10.0. The van der Waals surface area contributed by atoms with E-state index in [0.29, 0.717) is 18.0 Å². The van der Waals surface area contributed by atoms with Gasteiger partial charge in [-0.3, -0.25) is 9.89 Å². The van der Waals surface area contributed by atoms with Gasteiger partial charge in [-0.05, 0) is 46.6 Å². The molecule has 0 aromatic rings. The molecule has 2 atom stereocenters. The zero-order chi connectivity index (χ0) is 14.8. The molecule has 0 aliphatic carbocycles. The van der Waals surface area contributed by atoms with Crippen LogP contribution in [0.4, 0.5) is 0 Å². The van der Waals surface area contributed by atoms with Crippen molar-refractivity contribution in [2.24, 2.45) is 10.7 Å². The summed E-state index contributed by atoms with van der Waals surface area (Å²) >= 11 is 0. The van der Waals surface area contributed by atoms with Crippen LogP contribution >= 0.6 is 0 Å². The summed E-state index contributed by atoms with van der Waals surface area (Å²) in [6.07, 6.45) is 4.93. The van der Waals surface area contributed by atoms with Crippen LogP contribution in [0.15, 0.2) is 4.99 Å². The number of piperidine rings is 1. The van der Waals surface area contributed by atoms with Crippen LogP contribution in [0.5, 0.6) is 0 Å². The third kappa shape index (κ3) is 6.57. The highest BCUT2D eigenvalue weighted by atomic mass is 16.5. The van der Waals surface area contributed by atoms with Gasteiger partial charge in [0.05, 0.1) is 6.54 Å². The minimum atomic E-state index is 0.467. The molecule has 20 heavy (non-hydrogen) atoms. The van der Waals surface area contributed by atoms with Crippen molar-refractivity contribution < 1.29 is 4.74 Å². The van der Waals surface area contributed by atoms with E-state index >= 15 is 0 Å². The molecule has 118 valence electrons. The lowest BCUT2D eigenvalue weighted by molar-refractivity contribution is 0.118. The van der Waals surface area contributed by atoms with Crippen LogP contribution in [-0.4, -0.2) is 55.8 Å². The Morgan fingerprint density at radius 3 is 3.00 bits per heavy atom. The Morgan fingerprint density at radius 1 is 1.50 bits per heavy atom. The molecule has 0 bridgehead atoms. The maximum Gasteiger partial charge on any atom is 0.188 e. The van der Waals surface area contributed by atoms with Gasteiger partial charge in [-0.1, -0.05) is 6.42 Å².